The molecule has 0 radical (unpaired) electrons. The molecule has 1 saturated heterocycles. The number of nitrogen functional groups attached to an aromatic ring is 1. The molecule has 3 rings (SSSR count). The molecule has 0 spiro atoms. The van der Waals surface area contributed by atoms with E-state index in [-0.39, 0.29) is 5.82 Å². The highest BCUT2D eigenvalue weighted by molar-refractivity contribution is 5.97. The van der Waals surface area contributed by atoms with Crippen LogP contribution >= 0.6 is 0 Å². The Balaban J connectivity index is 1.75. The molecular weight excluding hydrogens is 309 g/mol. The molecule has 5 nitrogen and oxygen atoms in total. The van der Waals surface area contributed by atoms with E-state index in [4.69, 9.17) is 10.5 Å². The minimum Gasteiger partial charge on any atom is -0.465 e. The number of methoxy groups -OCH3 is 1. The van der Waals surface area contributed by atoms with Crippen LogP contribution in [0.5, 0.6) is 0 Å². The minimum absolute atomic E-state index is 0.234. The number of nitrogens with two attached hydrogens (primary N) is 1. The molecule has 1 aliphatic rings. The van der Waals surface area contributed by atoms with Crippen LogP contribution in [0.25, 0.3) is 0 Å². The number of anilines is 3. The molecule has 2 N–H and O–H groups in total. The van der Waals surface area contributed by atoms with Gasteiger partial charge in [0.15, 0.2) is 0 Å². The third-order valence-corrected chi connectivity index (χ3v) is 4.24. The molecule has 24 heavy (non-hydrogen) atoms. The summed E-state index contributed by atoms with van der Waals surface area (Å²) >= 11 is 0. The van der Waals surface area contributed by atoms with E-state index in [0.29, 0.717) is 11.3 Å². The van der Waals surface area contributed by atoms with Crippen molar-refractivity contribution in [2.75, 3.05) is 48.8 Å². The maximum Gasteiger partial charge on any atom is 0.340 e. The third-order valence-electron chi connectivity index (χ3n) is 4.24. The van der Waals surface area contributed by atoms with Crippen molar-refractivity contribution >= 4 is 23.0 Å². The van der Waals surface area contributed by atoms with Gasteiger partial charge >= 0.3 is 5.97 Å². The second-order valence-electron chi connectivity index (χ2n) is 5.72. The third kappa shape index (κ3) is 3.27. The van der Waals surface area contributed by atoms with E-state index in [1.807, 2.05) is 6.07 Å². The summed E-state index contributed by atoms with van der Waals surface area (Å²) in [4.78, 5) is 16.3. The summed E-state index contributed by atoms with van der Waals surface area (Å²) < 4.78 is 17.9. The van der Waals surface area contributed by atoms with E-state index in [1.165, 1.54) is 19.2 Å². The Morgan fingerprint density at radius 2 is 1.67 bits per heavy atom. The predicted octanol–water partition coefficient (Wildman–Crippen LogP) is 2.52. The largest absolute Gasteiger partial charge is 0.465 e. The van der Waals surface area contributed by atoms with E-state index in [9.17, 15) is 9.18 Å². The molecule has 0 aromatic heterocycles. The standard InChI is InChI=1S/C18H20FN3O2/c1-24-18(23)16-12-14(20)4-7-17(16)22-10-8-21(9-11-22)15-5-2-13(19)3-6-15/h2-7,12H,8-11,20H2,1H3. The van der Waals surface area contributed by atoms with Gasteiger partial charge in [0.25, 0.3) is 0 Å². The van der Waals surface area contributed by atoms with Crippen LogP contribution in [0, 0.1) is 5.82 Å². The fraction of sp³-hybridized carbons (Fsp3) is 0.278. The van der Waals surface area contributed by atoms with Gasteiger partial charge in [-0.05, 0) is 42.5 Å². The number of benzene rings is 2. The molecule has 1 heterocycles. The second kappa shape index (κ2) is 6.78. The number of hydrogen-bond donors (Lipinski definition) is 1. The van der Waals surface area contributed by atoms with Crippen LogP contribution in [-0.2, 0) is 4.74 Å². The molecular formula is C18H20FN3O2. The molecule has 2 aromatic rings. The van der Waals surface area contributed by atoms with Gasteiger partial charge in [0.1, 0.15) is 5.82 Å². The number of nitrogens with zero attached hydrogens (tertiary/aromatic N) is 2. The van der Waals surface area contributed by atoms with Crippen LogP contribution in [0.2, 0.25) is 0 Å². The monoisotopic (exact) mass is 329 g/mol. The zero-order chi connectivity index (χ0) is 17.1. The predicted molar refractivity (Wildman–Crippen MR) is 93.0 cm³/mol. The molecule has 6 heteroatoms. The van der Waals surface area contributed by atoms with Gasteiger partial charge in [0.05, 0.1) is 18.4 Å². The average Bonchev–Trinajstić information content (AvgIpc) is 2.62. The summed E-state index contributed by atoms with van der Waals surface area (Å²) in [5.41, 5.74) is 8.64. The molecule has 0 atom stereocenters. The molecule has 0 amide bonds. The summed E-state index contributed by atoms with van der Waals surface area (Å²) in [5.74, 6) is -0.625. The Bertz CT molecular complexity index is 726. The Kier molecular flexibility index (Phi) is 4.55. The van der Waals surface area contributed by atoms with Crippen molar-refractivity contribution in [3.63, 3.8) is 0 Å². The minimum atomic E-state index is -0.390. The SMILES string of the molecule is COC(=O)c1cc(N)ccc1N1CCN(c2ccc(F)cc2)CC1. The number of piperazine rings is 1. The maximum atomic E-state index is 13.0. The number of rotatable bonds is 3. The molecule has 0 unspecified atom stereocenters. The highest BCUT2D eigenvalue weighted by atomic mass is 19.1. The van der Waals surface area contributed by atoms with Gasteiger partial charge in [-0.1, -0.05) is 0 Å². The molecule has 2 aromatic carbocycles. The van der Waals surface area contributed by atoms with Gasteiger partial charge in [-0.15, -0.1) is 0 Å². The molecule has 1 aliphatic heterocycles. The van der Waals surface area contributed by atoms with Crippen LogP contribution in [-0.4, -0.2) is 39.3 Å². The van der Waals surface area contributed by atoms with Gasteiger partial charge in [0.2, 0.25) is 0 Å². The number of carbonyl (C=O) groups excluding carboxylic acids is 1. The van der Waals surface area contributed by atoms with Crippen molar-refractivity contribution in [2.45, 2.75) is 0 Å². The van der Waals surface area contributed by atoms with Crippen molar-refractivity contribution in [3.05, 3.63) is 53.8 Å². The molecule has 0 bridgehead atoms. The van der Waals surface area contributed by atoms with Crippen molar-refractivity contribution in [2.24, 2.45) is 0 Å². The number of hydrogen-bond acceptors (Lipinski definition) is 5. The van der Waals surface area contributed by atoms with Crippen molar-refractivity contribution < 1.29 is 13.9 Å². The van der Waals surface area contributed by atoms with E-state index in [1.54, 1.807) is 24.3 Å². The first-order chi connectivity index (χ1) is 11.6. The van der Waals surface area contributed by atoms with Crippen LogP contribution in [0.3, 0.4) is 0 Å². The number of carbonyl (C=O) groups is 1. The Hall–Kier alpha value is -2.76. The smallest absolute Gasteiger partial charge is 0.340 e. The Labute approximate surface area is 140 Å². The fourth-order valence-electron chi connectivity index (χ4n) is 2.96. The lowest BCUT2D eigenvalue weighted by Crippen LogP contribution is -2.47. The fourth-order valence-corrected chi connectivity index (χ4v) is 2.96. The van der Waals surface area contributed by atoms with Crippen molar-refractivity contribution in [1.29, 1.82) is 0 Å². The Morgan fingerprint density at radius 3 is 2.29 bits per heavy atom. The summed E-state index contributed by atoms with van der Waals surface area (Å²) in [6.45, 7) is 3.09. The molecule has 0 saturated carbocycles. The topological polar surface area (TPSA) is 58.8 Å². The quantitative estimate of drug-likeness (QED) is 0.693. The van der Waals surface area contributed by atoms with Crippen LogP contribution in [0.4, 0.5) is 21.5 Å². The molecule has 126 valence electrons. The summed E-state index contributed by atoms with van der Waals surface area (Å²) in [6, 6.07) is 11.8. The van der Waals surface area contributed by atoms with Crippen LogP contribution < -0.4 is 15.5 Å². The number of halogens is 1. The summed E-state index contributed by atoms with van der Waals surface area (Å²) in [5, 5.41) is 0. The van der Waals surface area contributed by atoms with Gasteiger partial charge in [-0.3, -0.25) is 0 Å². The van der Waals surface area contributed by atoms with E-state index < -0.39 is 5.97 Å². The van der Waals surface area contributed by atoms with Crippen LogP contribution in [0.15, 0.2) is 42.5 Å². The zero-order valence-corrected chi connectivity index (χ0v) is 13.5. The highest BCUT2D eigenvalue weighted by Gasteiger charge is 2.22. The van der Waals surface area contributed by atoms with Gasteiger partial charge in [-0.25, -0.2) is 9.18 Å². The van der Waals surface area contributed by atoms with Gasteiger partial charge in [0, 0.05) is 37.6 Å². The first-order valence-electron chi connectivity index (χ1n) is 7.82. The van der Waals surface area contributed by atoms with Gasteiger partial charge in [-0.2, -0.15) is 0 Å². The summed E-state index contributed by atoms with van der Waals surface area (Å²) in [7, 11) is 1.36. The second-order valence-corrected chi connectivity index (χ2v) is 5.72. The lowest BCUT2D eigenvalue weighted by molar-refractivity contribution is 0.0601. The summed E-state index contributed by atoms with van der Waals surface area (Å²) in [6.07, 6.45) is 0. The van der Waals surface area contributed by atoms with Gasteiger partial charge < -0.3 is 20.3 Å². The lowest BCUT2D eigenvalue weighted by Gasteiger charge is -2.38. The van der Waals surface area contributed by atoms with E-state index in [0.717, 1.165) is 37.6 Å². The number of esters is 1. The lowest BCUT2D eigenvalue weighted by atomic mass is 10.1. The first kappa shape index (κ1) is 16.1. The first-order valence-corrected chi connectivity index (χ1v) is 7.82. The normalized spacial score (nSPS) is 14.6. The molecule has 0 aliphatic carbocycles. The maximum absolute atomic E-state index is 13.0. The zero-order valence-electron chi connectivity index (χ0n) is 13.5. The Morgan fingerprint density at radius 1 is 1.04 bits per heavy atom. The number of ether oxygens (including phenoxy) is 1. The van der Waals surface area contributed by atoms with E-state index in [2.05, 4.69) is 9.80 Å². The van der Waals surface area contributed by atoms with Crippen molar-refractivity contribution in [1.82, 2.24) is 0 Å². The molecule has 1 fully saturated rings. The van der Waals surface area contributed by atoms with E-state index >= 15 is 0 Å². The average molecular weight is 329 g/mol. The van der Waals surface area contributed by atoms with Crippen molar-refractivity contribution in [3.8, 4) is 0 Å². The van der Waals surface area contributed by atoms with Crippen LogP contribution in [0.1, 0.15) is 10.4 Å². The highest BCUT2D eigenvalue weighted by Crippen LogP contribution is 2.26.